The fourth-order valence-electron chi connectivity index (χ4n) is 3.16. The summed E-state index contributed by atoms with van der Waals surface area (Å²) in [6.45, 7) is 6.38. The summed E-state index contributed by atoms with van der Waals surface area (Å²) in [6, 6.07) is 1.59. The number of fused-ring (bicyclic) bond motifs is 1. The molecule has 8 heteroatoms. The molecule has 0 aromatic carbocycles. The number of hydrogen-bond donors (Lipinski definition) is 0. The van der Waals surface area contributed by atoms with E-state index in [1.165, 1.54) is 12.3 Å². The van der Waals surface area contributed by atoms with Crippen molar-refractivity contribution < 1.29 is 8.42 Å². The predicted molar refractivity (Wildman–Crippen MR) is 105 cm³/mol. The van der Waals surface area contributed by atoms with E-state index in [2.05, 4.69) is 41.1 Å². The Morgan fingerprint density at radius 2 is 1.88 bits per heavy atom. The van der Waals surface area contributed by atoms with Crippen molar-refractivity contribution in [1.82, 2.24) is 14.5 Å². The first-order valence-corrected chi connectivity index (χ1v) is 14.1. The van der Waals surface area contributed by atoms with Gasteiger partial charge in [0.15, 0.2) is 0 Å². The van der Waals surface area contributed by atoms with E-state index in [4.69, 9.17) is 0 Å². The summed E-state index contributed by atoms with van der Waals surface area (Å²) in [5.41, 5.74) is 4.03. The summed E-state index contributed by atoms with van der Waals surface area (Å²) >= 11 is 0. The van der Waals surface area contributed by atoms with Crippen LogP contribution in [0.3, 0.4) is 0 Å². The van der Waals surface area contributed by atoms with E-state index in [1.807, 2.05) is 0 Å². The lowest BCUT2D eigenvalue weighted by Crippen LogP contribution is -2.25. The molecule has 0 unspecified atom stereocenters. The topological polar surface area (TPSA) is 81.9 Å². The van der Waals surface area contributed by atoms with Crippen molar-refractivity contribution in [2.75, 3.05) is 6.26 Å². The number of pyridine rings is 1. The summed E-state index contributed by atoms with van der Waals surface area (Å²) in [4.78, 5) is 21.1. The molecule has 0 aliphatic heterocycles. The van der Waals surface area contributed by atoms with E-state index >= 15 is 0 Å². The molecule has 2 heterocycles. The number of hydrogen-bond acceptors (Lipinski definition) is 5. The molecule has 1 fully saturated rings. The third-order valence-electron chi connectivity index (χ3n) is 4.36. The van der Waals surface area contributed by atoms with Crippen LogP contribution in [0.4, 0.5) is 0 Å². The van der Waals surface area contributed by atoms with Crippen molar-refractivity contribution in [2.24, 2.45) is 0 Å². The van der Waals surface area contributed by atoms with E-state index in [0.29, 0.717) is 16.6 Å². The number of rotatable bonds is 2. The Morgan fingerprint density at radius 3 is 2.46 bits per heavy atom. The summed E-state index contributed by atoms with van der Waals surface area (Å²) in [7, 11) is -5.19. The minimum absolute atomic E-state index is 0.0475. The Morgan fingerprint density at radius 1 is 1.23 bits per heavy atom. The van der Waals surface area contributed by atoms with Gasteiger partial charge < -0.3 is 0 Å². The van der Waals surface area contributed by atoms with Crippen LogP contribution in [0.1, 0.15) is 37.3 Å². The summed E-state index contributed by atoms with van der Waals surface area (Å²) in [5, 5.41) is 0.376. The molecular formula is C18H23N3O3SSi. The van der Waals surface area contributed by atoms with E-state index in [-0.39, 0.29) is 16.8 Å². The van der Waals surface area contributed by atoms with Gasteiger partial charge in [0.05, 0.1) is 5.39 Å². The van der Waals surface area contributed by atoms with Gasteiger partial charge in [0, 0.05) is 30.1 Å². The van der Waals surface area contributed by atoms with Crippen LogP contribution >= 0.6 is 0 Å². The Hall–Kier alpha value is -1.98. The third kappa shape index (κ3) is 3.89. The first-order valence-electron chi connectivity index (χ1n) is 8.72. The highest BCUT2D eigenvalue weighted by molar-refractivity contribution is 7.90. The van der Waals surface area contributed by atoms with Crippen LogP contribution in [-0.2, 0) is 9.84 Å². The Kier molecular flexibility index (Phi) is 4.79. The van der Waals surface area contributed by atoms with Gasteiger partial charge in [0.1, 0.15) is 13.7 Å². The third-order valence-corrected chi connectivity index (χ3v) is 6.10. The second-order valence-electron chi connectivity index (χ2n) is 7.87. The zero-order valence-corrected chi connectivity index (χ0v) is 17.4. The van der Waals surface area contributed by atoms with Crippen LogP contribution < -0.4 is 5.56 Å². The number of sulfone groups is 1. The molecule has 0 bridgehead atoms. The largest absolute Gasteiger partial charge is 0.289 e. The second kappa shape index (κ2) is 6.63. The van der Waals surface area contributed by atoms with Crippen LogP contribution in [0.2, 0.25) is 19.6 Å². The lowest BCUT2D eigenvalue weighted by molar-refractivity contribution is 0.513. The van der Waals surface area contributed by atoms with Gasteiger partial charge in [-0.1, -0.05) is 38.4 Å². The molecule has 1 aliphatic rings. The first-order chi connectivity index (χ1) is 12.1. The lowest BCUT2D eigenvalue weighted by Gasteiger charge is -2.17. The average molecular weight is 390 g/mol. The van der Waals surface area contributed by atoms with Crippen molar-refractivity contribution in [2.45, 2.75) is 56.5 Å². The zero-order valence-electron chi connectivity index (χ0n) is 15.5. The quantitative estimate of drug-likeness (QED) is 0.448. The molecule has 0 amide bonds. The maximum Gasteiger partial charge on any atom is 0.253 e. The smallest absolute Gasteiger partial charge is 0.253 e. The van der Waals surface area contributed by atoms with Crippen molar-refractivity contribution in [3.05, 3.63) is 28.2 Å². The van der Waals surface area contributed by atoms with Crippen LogP contribution in [0.5, 0.6) is 0 Å². The van der Waals surface area contributed by atoms with Gasteiger partial charge in [-0.2, -0.15) is 4.98 Å². The average Bonchev–Trinajstić information content (AvgIpc) is 3.04. The van der Waals surface area contributed by atoms with E-state index in [0.717, 1.165) is 31.9 Å². The molecule has 0 spiro atoms. The van der Waals surface area contributed by atoms with Gasteiger partial charge in [-0.25, -0.2) is 13.4 Å². The standard InChI is InChI=1S/C18H23N3O3SSi/c1-25(23,24)18-19-12-15-13(9-10-26(2,3)4)11-16(22)21(17(15)20-18)14-7-5-6-8-14/h11-12,14H,5-8H2,1-4H3. The van der Waals surface area contributed by atoms with Gasteiger partial charge in [0.25, 0.3) is 5.56 Å². The maximum atomic E-state index is 12.8. The molecule has 2 aromatic heterocycles. The number of nitrogens with zero attached hydrogens (tertiary/aromatic N) is 3. The molecular weight excluding hydrogens is 366 g/mol. The lowest BCUT2D eigenvalue weighted by atomic mass is 10.1. The molecule has 0 N–H and O–H groups in total. The summed E-state index contributed by atoms with van der Waals surface area (Å²) in [6.07, 6.45) is 6.46. The van der Waals surface area contributed by atoms with E-state index < -0.39 is 17.9 Å². The molecule has 1 aliphatic carbocycles. The summed E-state index contributed by atoms with van der Waals surface area (Å²) in [5.74, 6) is 3.11. The maximum absolute atomic E-state index is 12.8. The molecule has 3 rings (SSSR count). The van der Waals surface area contributed by atoms with Crippen molar-refractivity contribution in [1.29, 1.82) is 0 Å². The fraction of sp³-hybridized carbons (Fsp3) is 0.500. The monoisotopic (exact) mass is 389 g/mol. The molecule has 138 valence electrons. The van der Waals surface area contributed by atoms with E-state index in [1.54, 1.807) is 4.57 Å². The number of aromatic nitrogens is 3. The van der Waals surface area contributed by atoms with Crippen molar-refractivity contribution in [3.63, 3.8) is 0 Å². The van der Waals surface area contributed by atoms with Gasteiger partial charge in [-0.15, -0.1) is 5.54 Å². The Bertz CT molecular complexity index is 1080. The van der Waals surface area contributed by atoms with Crippen LogP contribution in [0.15, 0.2) is 22.2 Å². The van der Waals surface area contributed by atoms with Crippen LogP contribution in [0.25, 0.3) is 11.0 Å². The highest BCUT2D eigenvalue weighted by Crippen LogP contribution is 2.30. The Labute approximate surface area is 154 Å². The zero-order chi connectivity index (χ0) is 19.1. The molecule has 26 heavy (non-hydrogen) atoms. The first kappa shape index (κ1) is 18.8. The van der Waals surface area contributed by atoms with Crippen LogP contribution in [-0.4, -0.2) is 37.3 Å². The van der Waals surface area contributed by atoms with Gasteiger partial charge in [-0.05, 0) is 12.8 Å². The summed E-state index contributed by atoms with van der Waals surface area (Å²) < 4.78 is 25.4. The molecule has 0 radical (unpaired) electrons. The molecule has 1 saturated carbocycles. The highest BCUT2D eigenvalue weighted by Gasteiger charge is 2.23. The SMILES string of the molecule is C[Si](C)(C)C#Cc1cc(=O)n(C2CCCC2)c2nc(S(C)(=O)=O)ncc12. The van der Waals surface area contributed by atoms with Crippen molar-refractivity contribution in [3.8, 4) is 11.5 Å². The molecule has 0 saturated heterocycles. The predicted octanol–water partition coefficient (Wildman–Crippen LogP) is 2.54. The molecule has 2 aromatic rings. The molecule has 0 atom stereocenters. The van der Waals surface area contributed by atoms with Gasteiger partial charge >= 0.3 is 0 Å². The minimum atomic E-state index is -3.56. The van der Waals surface area contributed by atoms with Crippen LogP contribution in [0, 0.1) is 11.5 Å². The van der Waals surface area contributed by atoms with Crippen molar-refractivity contribution >= 4 is 28.9 Å². The highest BCUT2D eigenvalue weighted by atomic mass is 32.2. The molecule has 6 nitrogen and oxygen atoms in total. The van der Waals surface area contributed by atoms with Gasteiger partial charge in [-0.3, -0.25) is 9.36 Å². The Balaban J connectivity index is 2.34. The normalized spacial score (nSPS) is 15.8. The fourth-order valence-corrected chi connectivity index (χ4v) is 4.16. The second-order valence-corrected chi connectivity index (χ2v) is 14.5. The minimum Gasteiger partial charge on any atom is -0.289 e. The van der Waals surface area contributed by atoms with E-state index in [9.17, 15) is 13.2 Å². The van der Waals surface area contributed by atoms with Gasteiger partial charge in [0.2, 0.25) is 15.0 Å².